The highest BCUT2D eigenvalue weighted by Gasteiger charge is 2.64. The lowest BCUT2D eigenvalue weighted by molar-refractivity contribution is -0.292. The fourth-order valence-electron chi connectivity index (χ4n) is 4.47. The van der Waals surface area contributed by atoms with Crippen LogP contribution in [0.4, 0.5) is 45.7 Å². The number of allylic oxidation sites excluding steroid dienone is 1. The molecule has 53 heavy (non-hydrogen) atoms. The van der Waals surface area contributed by atoms with Gasteiger partial charge in [-0.05, 0) is 37.0 Å². The van der Waals surface area contributed by atoms with Crippen molar-refractivity contribution in [3.8, 4) is 6.07 Å². The number of carboxylic acids is 1. The number of carboxylic acid groups (broad SMARTS) is 1. The molecule has 1 aromatic heterocycles. The van der Waals surface area contributed by atoms with Gasteiger partial charge in [0.25, 0.3) is 5.91 Å². The molecule has 1 aliphatic carbocycles. The lowest BCUT2D eigenvalue weighted by Crippen LogP contribution is -2.43. The summed E-state index contributed by atoms with van der Waals surface area (Å²) in [7, 11) is 0.653. The van der Waals surface area contributed by atoms with E-state index in [9.17, 15) is 59.6 Å². The first-order valence-electron chi connectivity index (χ1n) is 14.8. The lowest BCUT2D eigenvalue weighted by atomic mass is 10.0. The quantitative estimate of drug-likeness (QED) is 0.0721. The number of aromatic nitrogens is 2. The number of ether oxygens (including phenoxy) is 3. The lowest BCUT2D eigenvalue weighted by Gasteiger charge is -2.27. The molecule has 1 amide bonds. The Morgan fingerprint density at radius 2 is 1.74 bits per heavy atom. The first-order chi connectivity index (χ1) is 24.6. The molecule has 1 aliphatic rings. The molecule has 1 fully saturated rings. The predicted octanol–water partition coefficient (Wildman–Crippen LogP) is 5.86. The minimum atomic E-state index is -6.43. The number of aryl methyl sites for hydroxylation is 1. The molecule has 0 spiro atoms. The number of aliphatic imine (C=N–C) groups is 1. The van der Waals surface area contributed by atoms with E-state index in [0.717, 1.165) is 23.2 Å². The Balaban J connectivity index is 1.81. The van der Waals surface area contributed by atoms with Crippen LogP contribution in [0.15, 0.2) is 29.4 Å². The van der Waals surface area contributed by atoms with Crippen LogP contribution in [-0.4, -0.2) is 81.7 Å². The number of esters is 1. The van der Waals surface area contributed by atoms with Crippen LogP contribution in [0.3, 0.4) is 0 Å². The van der Waals surface area contributed by atoms with E-state index in [1.165, 1.54) is 6.07 Å². The molecule has 0 atom stereocenters. The minimum Gasteiger partial charge on any atom is -0.481 e. The van der Waals surface area contributed by atoms with E-state index in [-0.39, 0.29) is 58.5 Å². The average Bonchev–Trinajstić information content (AvgIpc) is 3.77. The van der Waals surface area contributed by atoms with Crippen molar-refractivity contribution in [3.05, 3.63) is 51.8 Å². The SMILES string of the molecule is Cn1nc(C(F)(F)C(F)(F)F)c(C(F)(F)F)c1N=CC(=CN)c1ccc(Cl)c(C(=O)N(COC(=O)OCCOC(=O)CCCC(=O)O)C2(C#N)CC2)c1. The van der Waals surface area contributed by atoms with Crippen LogP contribution >= 0.6 is 11.6 Å². The summed E-state index contributed by atoms with van der Waals surface area (Å²) in [4.78, 5) is 52.3. The van der Waals surface area contributed by atoms with Crippen LogP contribution in [0.25, 0.3) is 5.57 Å². The summed E-state index contributed by atoms with van der Waals surface area (Å²) < 4.78 is 123. The number of nitrogens with zero attached hydrogens (tertiary/aromatic N) is 5. The van der Waals surface area contributed by atoms with Gasteiger partial charge >= 0.3 is 36.4 Å². The van der Waals surface area contributed by atoms with Gasteiger partial charge in [0.2, 0.25) is 0 Å². The number of alkyl halides is 8. The Labute approximate surface area is 298 Å². The second-order valence-corrected chi connectivity index (χ2v) is 11.4. The third-order valence-corrected chi connectivity index (χ3v) is 7.66. The van der Waals surface area contributed by atoms with Gasteiger partial charge < -0.3 is 25.1 Å². The van der Waals surface area contributed by atoms with Crippen LogP contribution in [-0.2, 0) is 42.9 Å². The maximum Gasteiger partial charge on any atom is 0.510 e. The molecule has 3 rings (SSSR count). The number of carbonyl (C=O) groups excluding carboxylic acids is 3. The monoisotopic (exact) mass is 786 g/mol. The largest absolute Gasteiger partial charge is 0.510 e. The summed E-state index contributed by atoms with van der Waals surface area (Å²) >= 11 is 6.25. The molecule has 1 heterocycles. The fraction of sp³-hybridized carbons (Fsp3) is 0.433. The van der Waals surface area contributed by atoms with Crippen molar-refractivity contribution in [2.75, 3.05) is 19.9 Å². The van der Waals surface area contributed by atoms with E-state index in [1.807, 2.05) is 6.07 Å². The van der Waals surface area contributed by atoms with E-state index in [2.05, 4.69) is 10.1 Å². The topological polar surface area (TPSA) is 199 Å². The molecule has 23 heteroatoms. The number of carbonyl (C=O) groups is 4. The van der Waals surface area contributed by atoms with E-state index in [4.69, 9.17) is 36.7 Å². The second-order valence-electron chi connectivity index (χ2n) is 11.0. The maximum absolute atomic E-state index is 14.0. The number of hydrogen-bond acceptors (Lipinski definition) is 11. The smallest absolute Gasteiger partial charge is 0.481 e. The Morgan fingerprint density at radius 1 is 1.09 bits per heavy atom. The van der Waals surface area contributed by atoms with Gasteiger partial charge in [-0.25, -0.2) is 14.5 Å². The molecule has 1 aromatic carbocycles. The van der Waals surface area contributed by atoms with Gasteiger partial charge in [-0.15, -0.1) is 0 Å². The molecule has 288 valence electrons. The summed E-state index contributed by atoms with van der Waals surface area (Å²) in [6, 6.07) is 5.32. The third-order valence-electron chi connectivity index (χ3n) is 7.33. The fourth-order valence-corrected chi connectivity index (χ4v) is 4.67. The molecule has 0 aliphatic heterocycles. The number of nitrogens with two attached hydrogens (primary N) is 1. The van der Waals surface area contributed by atoms with Crippen LogP contribution in [0.1, 0.15) is 59.3 Å². The van der Waals surface area contributed by atoms with Gasteiger partial charge in [-0.1, -0.05) is 17.7 Å². The Kier molecular flexibility index (Phi) is 13.0. The first-order valence-corrected chi connectivity index (χ1v) is 15.2. The molecular formula is C30H27ClF8N6O8. The number of hydrogen-bond donors (Lipinski definition) is 2. The molecule has 0 radical (unpaired) electrons. The molecule has 3 N–H and O–H groups in total. The van der Waals surface area contributed by atoms with Crippen molar-refractivity contribution in [3.63, 3.8) is 0 Å². The van der Waals surface area contributed by atoms with Gasteiger partial charge in [-0.3, -0.25) is 19.3 Å². The zero-order valence-electron chi connectivity index (χ0n) is 27.1. The van der Waals surface area contributed by atoms with Crippen molar-refractivity contribution >= 4 is 53.2 Å². The molecule has 0 unspecified atom stereocenters. The van der Waals surface area contributed by atoms with Crippen molar-refractivity contribution in [2.45, 2.75) is 55.9 Å². The highest BCUT2D eigenvalue weighted by molar-refractivity contribution is 6.34. The number of amides is 1. The maximum atomic E-state index is 14.0. The highest BCUT2D eigenvalue weighted by Crippen LogP contribution is 2.50. The zero-order chi connectivity index (χ0) is 39.9. The van der Waals surface area contributed by atoms with Gasteiger partial charge in [0.15, 0.2) is 18.2 Å². The van der Waals surface area contributed by atoms with E-state index >= 15 is 0 Å². The molecule has 0 saturated heterocycles. The van der Waals surface area contributed by atoms with Crippen LogP contribution in [0.5, 0.6) is 0 Å². The van der Waals surface area contributed by atoms with E-state index in [1.54, 1.807) is 0 Å². The van der Waals surface area contributed by atoms with E-state index < -0.39 is 84.8 Å². The number of rotatable bonds is 15. The van der Waals surface area contributed by atoms with Crippen molar-refractivity contribution in [2.24, 2.45) is 17.8 Å². The number of aliphatic carboxylic acids is 1. The first kappa shape index (κ1) is 42.0. The minimum absolute atomic E-state index is 0.0267. The molecule has 0 bridgehead atoms. The van der Waals surface area contributed by atoms with Gasteiger partial charge in [0, 0.05) is 37.9 Å². The zero-order valence-corrected chi connectivity index (χ0v) is 27.8. The summed E-state index contributed by atoms with van der Waals surface area (Å²) in [6.07, 6.45) is -12.3. The molecule has 1 saturated carbocycles. The van der Waals surface area contributed by atoms with Crippen LogP contribution < -0.4 is 5.73 Å². The Hall–Kier alpha value is -5.46. The summed E-state index contributed by atoms with van der Waals surface area (Å²) in [6.45, 7) is -1.75. The number of halogens is 9. The highest BCUT2D eigenvalue weighted by atomic mass is 35.5. The van der Waals surface area contributed by atoms with Gasteiger partial charge in [0.05, 0.1) is 16.7 Å². The summed E-state index contributed by atoms with van der Waals surface area (Å²) in [5.74, 6) is -10.3. The number of benzene rings is 1. The van der Waals surface area contributed by atoms with Crippen molar-refractivity contribution < 1.29 is 73.6 Å². The van der Waals surface area contributed by atoms with Crippen molar-refractivity contribution in [1.29, 1.82) is 5.26 Å². The second kappa shape index (κ2) is 16.5. The summed E-state index contributed by atoms with van der Waals surface area (Å²) in [5, 5.41) is 20.9. The normalized spacial score (nSPS) is 14.4. The third kappa shape index (κ3) is 10.1. The summed E-state index contributed by atoms with van der Waals surface area (Å²) in [5.41, 5.74) is -1.66. The Bertz CT molecular complexity index is 1830. The Morgan fingerprint density at radius 3 is 2.28 bits per heavy atom. The van der Waals surface area contributed by atoms with Gasteiger partial charge in [-0.2, -0.15) is 45.5 Å². The predicted molar refractivity (Wildman–Crippen MR) is 163 cm³/mol. The van der Waals surface area contributed by atoms with Gasteiger partial charge in [0.1, 0.15) is 24.3 Å². The number of nitriles is 1. The molecule has 14 nitrogen and oxygen atoms in total. The van der Waals surface area contributed by atoms with E-state index in [0.29, 0.717) is 13.3 Å². The van der Waals surface area contributed by atoms with Crippen LogP contribution in [0.2, 0.25) is 5.02 Å². The van der Waals surface area contributed by atoms with Crippen molar-refractivity contribution in [1.82, 2.24) is 14.7 Å². The molecular weight excluding hydrogens is 760 g/mol. The van der Waals surface area contributed by atoms with Crippen LogP contribution in [0, 0.1) is 11.3 Å². The molecule has 2 aromatic rings. The standard InChI is InChI=1S/C30H27ClF8N6O8/c1-44-24(22(29(34,35)36)23(43-44)28(32,33)30(37,38)39)42-13-17(12-40)16-5-6-19(31)18(11-16)25(49)45(27(14-41)7-8-27)15-53-26(50)52-10-9-51-21(48)4-2-3-20(46)47/h5-6,11-13H,2-4,7-10,15,40H2,1H3,(H,46,47). The average molecular weight is 787 g/mol.